The first-order chi connectivity index (χ1) is 8.16. The second-order valence-electron chi connectivity index (χ2n) is 5.87. The second kappa shape index (κ2) is 4.16. The van der Waals surface area contributed by atoms with Crippen LogP contribution < -0.4 is 10.6 Å². The van der Waals surface area contributed by atoms with E-state index in [4.69, 9.17) is 4.52 Å². The molecule has 0 aliphatic carbocycles. The molecule has 0 amide bonds. The summed E-state index contributed by atoms with van der Waals surface area (Å²) in [6, 6.07) is 5.85. The largest absolute Gasteiger partial charge is 0.322 e. The minimum atomic E-state index is -3.13. The van der Waals surface area contributed by atoms with Crippen LogP contribution in [0.3, 0.4) is 0 Å². The van der Waals surface area contributed by atoms with E-state index >= 15 is 0 Å². The van der Waals surface area contributed by atoms with E-state index in [1.54, 1.807) is 12.1 Å². The SMILES string of the molecule is CC1(C)COP(=O)(c2cccc(F)c2)C(C)(C)N1. The van der Waals surface area contributed by atoms with Gasteiger partial charge in [0.15, 0.2) is 0 Å². The molecule has 0 aromatic heterocycles. The molecule has 0 spiro atoms. The Hall–Kier alpha value is -0.700. The minimum absolute atomic E-state index is 0.245. The zero-order valence-electron chi connectivity index (χ0n) is 11.2. The van der Waals surface area contributed by atoms with Gasteiger partial charge in [-0.3, -0.25) is 9.88 Å². The summed E-state index contributed by atoms with van der Waals surface area (Å²) in [5.74, 6) is -0.396. The summed E-state index contributed by atoms with van der Waals surface area (Å²) in [5, 5.41) is 3.04. The van der Waals surface area contributed by atoms with Crippen LogP contribution in [-0.4, -0.2) is 17.4 Å². The van der Waals surface area contributed by atoms with Crippen molar-refractivity contribution in [1.82, 2.24) is 5.32 Å². The van der Waals surface area contributed by atoms with Gasteiger partial charge in [0.1, 0.15) is 5.82 Å². The summed E-state index contributed by atoms with van der Waals surface area (Å²) >= 11 is 0. The molecule has 1 atom stereocenters. The molecule has 0 bridgehead atoms. The van der Waals surface area contributed by atoms with E-state index in [1.807, 2.05) is 27.7 Å². The van der Waals surface area contributed by atoms with Crippen LogP contribution in [0, 0.1) is 5.82 Å². The van der Waals surface area contributed by atoms with E-state index in [0.717, 1.165) is 0 Å². The summed E-state index contributed by atoms with van der Waals surface area (Å²) < 4.78 is 32.0. The van der Waals surface area contributed by atoms with Crippen molar-refractivity contribution in [2.24, 2.45) is 0 Å². The molecule has 2 rings (SSSR count). The number of halogens is 1. The van der Waals surface area contributed by atoms with Gasteiger partial charge in [-0.15, -0.1) is 0 Å². The molecule has 1 aromatic carbocycles. The lowest BCUT2D eigenvalue weighted by Crippen LogP contribution is -2.59. The van der Waals surface area contributed by atoms with Crippen LogP contribution in [0.25, 0.3) is 0 Å². The average Bonchev–Trinajstić information content (AvgIpc) is 2.23. The smallest absolute Gasteiger partial charge is 0.251 e. The van der Waals surface area contributed by atoms with Crippen molar-refractivity contribution < 1.29 is 13.5 Å². The van der Waals surface area contributed by atoms with Crippen molar-refractivity contribution in [2.45, 2.75) is 38.5 Å². The highest BCUT2D eigenvalue weighted by molar-refractivity contribution is 7.68. The maximum absolute atomic E-state index is 13.3. The van der Waals surface area contributed by atoms with Gasteiger partial charge in [0, 0.05) is 10.8 Å². The summed E-state index contributed by atoms with van der Waals surface area (Å²) in [4.78, 5) is 0. The highest BCUT2D eigenvalue weighted by atomic mass is 31.2. The molecule has 3 nitrogen and oxygen atoms in total. The molecule has 1 aromatic rings. The van der Waals surface area contributed by atoms with Gasteiger partial charge in [-0.25, -0.2) is 4.39 Å². The predicted octanol–water partition coefficient (Wildman–Crippen LogP) is 2.86. The van der Waals surface area contributed by atoms with Gasteiger partial charge in [0.05, 0.1) is 11.9 Å². The molecule has 1 heterocycles. The maximum atomic E-state index is 13.3. The zero-order valence-corrected chi connectivity index (χ0v) is 12.1. The van der Waals surface area contributed by atoms with Crippen LogP contribution >= 0.6 is 7.37 Å². The zero-order chi connectivity index (χ0) is 13.6. The van der Waals surface area contributed by atoms with Gasteiger partial charge >= 0.3 is 0 Å². The molecule has 0 saturated carbocycles. The van der Waals surface area contributed by atoms with E-state index in [2.05, 4.69) is 5.32 Å². The van der Waals surface area contributed by atoms with Gasteiger partial charge in [0.2, 0.25) is 0 Å². The van der Waals surface area contributed by atoms with Crippen LogP contribution in [0.4, 0.5) is 4.39 Å². The van der Waals surface area contributed by atoms with Crippen molar-refractivity contribution in [3.05, 3.63) is 30.1 Å². The molecule has 1 saturated heterocycles. The lowest BCUT2D eigenvalue weighted by atomic mass is 10.1. The van der Waals surface area contributed by atoms with E-state index < -0.39 is 18.5 Å². The van der Waals surface area contributed by atoms with Crippen LogP contribution in [0.5, 0.6) is 0 Å². The summed E-state index contributed by atoms with van der Waals surface area (Å²) in [6.45, 7) is 7.98. The van der Waals surface area contributed by atoms with Crippen LogP contribution in [-0.2, 0) is 9.09 Å². The molecule has 5 heteroatoms. The molecule has 0 radical (unpaired) electrons. The lowest BCUT2D eigenvalue weighted by Gasteiger charge is -2.47. The Kier molecular flexibility index (Phi) is 3.17. The second-order valence-corrected chi connectivity index (χ2v) is 8.87. The Bertz CT molecular complexity index is 513. The van der Waals surface area contributed by atoms with E-state index in [-0.39, 0.29) is 5.54 Å². The minimum Gasteiger partial charge on any atom is -0.322 e. The first kappa shape index (κ1) is 13.7. The molecule has 1 aliphatic rings. The molecule has 18 heavy (non-hydrogen) atoms. The van der Waals surface area contributed by atoms with E-state index in [0.29, 0.717) is 11.9 Å². The van der Waals surface area contributed by atoms with Crippen LogP contribution in [0.15, 0.2) is 24.3 Å². The first-order valence-corrected chi connectivity index (χ1v) is 7.59. The average molecular weight is 271 g/mol. The first-order valence-electron chi connectivity index (χ1n) is 5.96. The predicted molar refractivity (Wildman–Crippen MR) is 70.9 cm³/mol. The molecular weight excluding hydrogens is 252 g/mol. The Balaban J connectivity index is 2.46. The topological polar surface area (TPSA) is 38.3 Å². The number of benzene rings is 1. The van der Waals surface area contributed by atoms with Crippen molar-refractivity contribution in [1.29, 1.82) is 0 Å². The molecule has 1 aliphatic heterocycles. The highest BCUT2D eigenvalue weighted by Gasteiger charge is 2.50. The molecule has 1 fully saturated rings. The van der Waals surface area contributed by atoms with Crippen LogP contribution in [0.1, 0.15) is 27.7 Å². The quantitative estimate of drug-likeness (QED) is 0.798. The molecule has 100 valence electrons. The normalized spacial score (nSPS) is 30.1. The van der Waals surface area contributed by atoms with Gasteiger partial charge < -0.3 is 4.52 Å². The fourth-order valence-corrected chi connectivity index (χ4v) is 5.06. The standard InChI is InChI=1S/C13H19FNO2P/c1-12(2)9-17-18(16,13(3,4)15-12)11-7-5-6-10(14)8-11/h5-8,15H,9H2,1-4H3. The van der Waals surface area contributed by atoms with E-state index in [1.165, 1.54) is 12.1 Å². The van der Waals surface area contributed by atoms with Crippen molar-refractivity contribution >= 4 is 12.7 Å². The number of rotatable bonds is 1. The fraction of sp³-hybridized carbons (Fsp3) is 0.538. The third-order valence-electron chi connectivity index (χ3n) is 3.14. The number of hydrogen-bond donors (Lipinski definition) is 1. The molecule has 1 unspecified atom stereocenters. The Morgan fingerprint density at radius 2 is 2.00 bits per heavy atom. The van der Waals surface area contributed by atoms with Gasteiger partial charge in [0.25, 0.3) is 7.37 Å². The lowest BCUT2D eigenvalue weighted by molar-refractivity contribution is 0.147. The highest BCUT2D eigenvalue weighted by Crippen LogP contribution is 2.59. The monoisotopic (exact) mass is 271 g/mol. The third-order valence-corrected chi connectivity index (χ3v) is 6.17. The Morgan fingerprint density at radius 3 is 2.56 bits per heavy atom. The van der Waals surface area contributed by atoms with E-state index in [9.17, 15) is 8.96 Å². The summed E-state index contributed by atoms with van der Waals surface area (Å²) in [5.41, 5.74) is -0.245. The number of hydrogen-bond acceptors (Lipinski definition) is 3. The molecular formula is C13H19FNO2P. The Morgan fingerprint density at radius 1 is 1.33 bits per heavy atom. The maximum Gasteiger partial charge on any atom is 0.251 e. The molecule has 1 N–H and O–H groups in total. The van der Waals surface area contributed by atoms with Crippen molar-refractivity contribution in [3.63, 3.8) is 0 Å². The number of nitrogens with one attached hydrogen (secondary N) is 1. The summed E-state index contributed by atoms with van der Waals surface area (Å²) in [7, 11) is -3.13. The third kappa shape index (κ3) is 2.25. The van der Waals surface area contributed by atoms with Gasteiger partial charge in [-0.1, -0.05) is 6.07 Å². The van der Waals surface area contributed by atoms with Crippen LogP contribution in [0.2, 0.25) is 0 Å². The van der Waals surface area contributed by atoms with Crippen molar-refractivity contribution in [3.8, 4) is 0 Å². The van der Waals surface area contributed by atoms with Gasteiger partial charge in [-0.05, 0) is 45.9 Å². The van der Waals surface area contributed by atoms with Crippen molar-refractivity contribution in [2.75, 3.05) is 6.61 Å². The van der Waals surface area contributed by atoms with Gasteiger partial charge in [-0.2, -0.15) is 0 Å². The fourth-order valence-electron chi connectivity index (χ4n) is 2.41. The Labute approximate surface area is 107 Å². The summed E-state index contributed by atoms with van der Waals surface area (Å²) in [6.07, 6.45) is 0.